The lowest BCUT2D eigenvalue weighted by Crippen LogP contribution is -2.33. The number of amides is 1. The average Bonchev–Trinajstić information content (AvgIpc) is 2.56. The lowest BCUT2D eigenvalue weighted by Gasteiger charge is -2.04. The van der Waals surface area contributed by atoms with Crippen molar-refractivity contribution in [2.75, 3.05) is 0 Å². The molecule has 2 rings (SSSR count). The lowest BCUT2D eigenvalue weighted by molar-refractivity contribution is -0.120. The Labute approximate surface area is 88.2 Å². The fourth-order valence-electron chi connectivity index (χ4n) is 1.61. The number of aryl methyl sites for hydroxylation is 1. The molecule has 0 radical (unpaired) electrons. The summed E-state index contributed by atoms with van der Waals surface area (Å²) in [5.41, 5.74) is 6.62. The van der Waals surface area contributed by atoms with Gasteiger partial charge in [-0.1, -0.05) is 30.3 Å². The zero-order valence-electron chi connectivity index (χ0n) is 8.31. The van der Waals surface area contributed by atoms with Gasteiger partial charge in [0.15, 0.2) is 5.96 Å². The molecule has 1 aromatic carbocycles. The van der Waals surface area contributed by atoms with E-state index in [0.717, 1.165) is 6.42 Å². The molecular weight excluding hydrogens is 190 g/mol. The van der Waals surface area contributed by atoms with E-state index in [1.807, 2.05) is 30.3 Å². The van der Waals surface area contributed by atoms with Gasteiger partial charge < -0.3 is 5.73 Å². The molecule has 0 bridgehead atoms. The summed E-state index contributed by atoms with van der Waals surface area (Å²) in [5.74, 6) is 0.140. The number of nitrogens with two attached hydrogens (primary N) is 1. The largest absolute Gasteiger partial charge is 0.370 e. The molecule has 1 aromatic rings. The summed E-state index contributed by atoms with van der Waals surface area (Å²) in [6.07, 6.45) is 1.55. The Morgan fingerprint density at radius 3 is 2.67 bits per heavy atom. The van der Waals surface area contributed by atoms with Gasteiger partial charge in [0.25, 0.3) is 5.91 Å². The molecule has 1 heterocycles. The van der Waals surface area contributed by atoms with Crippen LogP contribution in [0.1, 0.15) is 12.0 Å². The van der Waals surface area contributed by atoms with E-state index in [1.165, 1.54) is 5.56 Å². The van der Waals surface area contributed by atoms with Crippen LogP contribution in [0.5, 0.6) is 0 Å². The summed E-state index contributed by atoms with van der Waals surface area (Å²) >= 11 is 0. The molecule has 4 nitrogen and oxygen atoms in total. The second-order valence-electron chi connectivity index (χ2n) is 3.54. The SMILES string of the molecule is NC1=NC(CCc2ccccc2)C(=O)N1. The molecular formula is C11H13N3O. The van der Waals surface area contributed by atoms with Gasteiger partial charge in [-0.15, -0.1) is 0 Å². The highest BCUT2D eigenvalue weighted by atomic mass is 16.2. The number of benzene rings is 1. The average molecular weight is 203 g/mol. The normalized spacial score (nSPS) is 19.9. The molecule has 15 heavy (non-hydrogen) atoms. The Bertz CT molecular complexity index is 386. The standard InChI is InChI=1S/C11H13N3O/c12-11-13-9(10(15)14-11)7-6-8-4-2-1-3-5-8/h1-5,9H,6-7H2,(H3,12,13,14,15). The lowest BCUT2D eigenvalue weighted by atomic mass is 10.1. The third-order valence-corrected chi connectivity index (χ3v) is 2.40. The molecule has 0 saturated carbocycles. The maximum atomic E-state index is 11.3. The first-order valence-electron chi connectivity index (χ1n) is 4.94. The van der Waals surface area contributed by atoms with E-state index >= 15 is 0 Å². The third-order valence-electron chi connectivity index (χ3n) is 2.40. The van der Waals surface area contributed by atoms with E-state index in [0.29, 0.717) is 6.42 Å². The Balaban J connectivity index is 1.92. The van der Waals surface area contributed by atoms with Crippen LogP contribution in [-0.4, -0.2) is 17.9 Å². The fraction of sp³-hybridized carbons (Fsp3) is 0.273. The summed E-state index contributed by atoms with van der Waals surface area (Å²) in [6, 6.07) is 9.72. The predicted molar refractivity (Wildman–Crippen MR) is 58.3 cm³/mol. The highest BCUT2D eigenvalue weighted by molar-refractivity contribution is 6.04. The Morgan fingerprint density at radius 2 is 2.07 bits per heavy atom. The number of hydrogen-bond acceptors (Lipinski definition) is 3. The van der Waals surface area contributed by atoms with Gasteiger partial charge in [0.1, 0.15) is 6.04 Å². The Kier molecular flexibility index (Phi) is 2.67. The van der Waals surface area contributed by atoms with Crippen LogP contribution >= 0.6 is 0 Å². The van der Waals surface area contributed by atoms with Crippen molar-refractivity contribution in [1.29, 1.82) is 0 Å². The van der Waals surface area contributed by atoms with Crippen LogP contribution in [0.15, 0.2) is 35.3 Å². The van der Waals surface area contributed by atoms with Crippen molar-refractivity contribution in [3.05, 3.63) is 35.9 Å². The molecule has 1 amide bonds. The first-order chi connectivity index (χ1) is 7.25. The van der Waals surface area contributed by atoms with E-state index < -0.39 is 0 Å². The fourth-order valence-corrected chi connectivity index (χ4v) is 1.61. The van der Waals surface area contributed by atoms with Crippen LogP contribution < -0.4 is 11.1 Å². The molecule has 1 unspecified atom stereocenters. The maximum absolute atomic E-state index is 11.3. The predicted octanol–water partition coefficient (Wildman–Crippen LogP) is 0.432. The van der Waals surface area contributed by atoms with E-state index in [1.54, 1.807) is 0 Å². The number of rotatable bonds is 3. The molecule has 0 spiro atoms. The highest BCUT2D eigenvalue weighted by Crippen LogP contribution is 2.09. The molecule has 0 saturated heterocycles. The highest BCUT2D eigenvalue weighted by Gasteiger charge is 2.23. The third kappa shape index (κ3) is 2.34. The number of aliphatic imine (C=N–C) groups is 1. The minimum atomic E-state index is -0.315. The first-order valence-corrected chi connectivity index (χ1v) is 4.94. The second kappa shape index (κ2) is 4.13. The minimum absolute atomic E-state index is 0.0940. The molecule has 3 N–H and O–H groups in total. The van der Waals surface area contributed by atoms with Gasteiger partial charge >= 0.3 is 0 Å². The number of carbonyl (C=O) groups excluding carboxylic acids is 1. The number of carbonyl (C=O) groups is 1. The van der Waals surface area contributed by atoms with Crippen LogP contribution in [0.25, 0.3) is 0 Å². The second-order valence-corrected chi connectivity index (χ2v) is 3.54. The van der Waals surface area contributed by atoms with E-state index in [4.69, 9.17) is 5.73 Å². The van der Waals surface area contributed by atoms with Gasteiger partial charge in [0.05, 0.1) is 0 Å². The minimum Gasteiger partial charge on any atom is -0.370 e. The van der Waals surface area contributed by atoms with E-state index in [9.17, 15) is 4.79 Å². The Morgan fingerprint density at radius 1 is 1.33 bits per heavy atom. The smallest absolute Gasteiger partial charge is 0.251 e. The summed E-state index contributed by atoms with van der Waals surface area (Å²) < 4.78 is 0. The number of guanidine groups is 1. The summed E-state index contributed by atoms with van der Waals surface area (Å²) in [4.78, 5) is 15.3. The molecule has 78 valence electrons. The molecule has 0 aliphatic carbocycles. The molecule has 1 atom stereocenters. The molecule has 1 aliphatic rings. The van der Waals surface area contributed by atoms with Gasteiger partial charge in [-0.3, -0.25) is 10.1 Å². The van der Waals surface area contributed by atoms with Crippen LogP contribution in [0, 0.1) is 0 Å². The molecule has 4 heteroatoms. The number of nitrogens with one attached hydrogen (secondary N) is 1. The zero-order valence-corrected chi connectivity index (χ0v) is 8.31. The van der Waals surface area contributed by atoms with Gasteiger partial charge in [-0.25, -0.2) is 4.99 Å². The number of hydrogen-bond donors (Lipinski definition) is 2. The number of nitrogens with zero attached hydrogens (tertiary/aromatic N) is 1. The topological polar surface area (TPSA) is 67.5 Å². The van der Waals surface area contributed by atoms with Gasteiger partial charge in [0.2, 0.25) is 0 Å². The van der Waals surface area contributed by atoms with Crippen molar-refractivity contribution in [2.24, 2.45) is 10.7 Å². The first kappa shape index (κ1) is 9.71. The van der Waals surface area contributed by atoms with Crippen LogP contribution in [-0.2, 0) is 11.2 Å². The van der Waals surface area contributed by atoms with Crippen molar-refractivity contribution < 1.29 is 4.79 Å². The van der Waals surface area contributed by atoms with Crippen molar-refractivity contribution in [1.82, 2.24) is 5.32 Å². The molecule has 1 aliphatic heterocycles. The summed E-state index contributed by atoms with van der Waals surface area (Å²) in [6.45, 7) is 0. The van der Waals surface area contributed by atoms with Gasteiger partial charge in [-0.05, 0) is 18.4 Å². The van der Waals surface area contributed by atoms with Crippen LogP contribution in [0.2, 0.25) is 0 Å². The van der Waals surface area contributed by atoms with Crippen LogP contribution in [0.3, 0.4) is 0 Å². The van der Waals surface area contributed by atoms with Crippen molar-refractivity contribution in [3.8, 4) is 0 Å². The van der Waals surface area contributed by atoms with Gasteiger partial charge in [0, 0.05) is 0 Å². The quantitative estimate of drug-likeness (QED) is 0.748. The monoisotopic (exact) mass is 203 g/mol. The molecule has 0 aromatic heterocycles. The zero-order chi connectivity index (χ0) is 10.7. The summed E-state index contributed by atoms with van der Waals surface area (Å²) in [7, 11) is 0. The molecule has 0 fully saturated rings. The Hall–Kier alpha value is -1.84. The van der Waals surface area contributed by atoms with Crippen molar-refractivity contribution in [2.45, 2.75) is 18.9 Å². The summed E-state index contributed by atoms with van der Waals surface area (Å²) in [5, 5.41) is 2.49. The van der Waals surface area contributed by atoms with E-state index in [-0.39, 0.29) is 17.9 Å². The maximum Gasteiger partial charge on any atom is 0.251 e. The van der Waals surface area contributed by atoms with Crippen LogP contribution in [0.4, 0.5) is 0 Å². The van der Waals surface area contributed by atoms with Gasteiger partial charge in [-0.2, -0.15) is 0 Å². The van der Waals surface area contributed by atoms with Crippen molar-refractivity contribution in [3.63, 3.8) is 0 Å². The van der Waals surface area contributed by atoms with Crippen molar-refractivity contribution >= 4 is 11.9 Å². The van der Waals surface area contributed by atoms with E-state index in [2.05, 4.69) is 10.3 Å².